The highest BCUT2D eigenvalue weighted by atomic mass is 32.1. The van der Waals surface area contributed by atoms with Gasteiger partial charge in [-0.25, -0.2) is 9.78 Å². The maximum atomic E-state index is 12.1. The van der Waals surface area contributed by atoms with Crippen LogP contribution in [-0.2, 0) is 19.3 Å². The van der Waals surface area contributed by atoms with Gasteiger partial charge in [0.2, 0.25) is 0 Å². The molecule has 0 spiro atoms. The molecule has 1 aliphatic carbocycles. The van der Waals surface area contributed by atoms with Gasteiger partial charge < -0.3 is 10.3 Å². The van der Waals surface area contributed by atoms with Crippen LogP contribution in [0.4, 0.5) is 9.93 Å². The average molecular weight is 354 g/mol. The van der Waals surface area contributed by atoms with E-state index in [0.29, 0.717) is 6.54 Å². The van der Waals surface area contributed by atoms with Gasteiger partial charge in [-0.1, -0.05) is 24.6 Å². The first-order valence-corrected chi connectivity index (χ1v) is 9.69. The van der Waals surface area contributed by atoms with Gasteiger partial charge in [0.25, 0.3) is 0 Å². The van der Waals surface area contributed by atoms with E-state index >= 15 is 0 Å². The highest BCUT2D eigenvalue weighted by Crippen LogP contribution is 2.28. The highest BCUT2D eigenvalue weighted by molar-refractivity contribution is 7.15. The first-order valence-electron chi connectivity index (χ1n) is 8.88. The molecule has 1 aliphatic rings. The summed E-state index contributed by atoms with van der Waals surface area (Å²) in [5.41, 5.74) is 3.53. The molecule has 130 valence electrons. The largest absolute Gasteiger partial charge is 0.361 e. The molecule has 0 fully saturated rings. The maximum Gasteiger partial charge on any atom is 0.321 e. The Morgan fingerprint density at radius 1 is 1.20 bits per heavy atom. The molecular weight excluding hydrogens is 332 g/mol. The normalized spacial score (nSPS) is 14.1. The summed E-state index contributed by atoms with van der Waals surface area (Å²) in [5.74, 6) is 0. The molecule has 3 aromatic rings. The van der Waals surface area contributed by atoms with Crippen LogP contribution in [0.3, 0.4) is 0 Å². The van der Waals surface area contributed by atoms with Crippen LogP contribution in [0.1, 0.15) is 35.4 Å². The SMILES string of the molecule is O=C(NCCc1c[nH]c2ccccc12)Nc1nc2c(s1)CCCCC2. The molecule has 25 heavy (non-hydrogen) atoms. The zero-order chi connectivity index (χ0) is 17.1. The first kappa shape index (κ1) is 16.1. The summed E-state index contributed by atoms with van der Waals surface area (Å²) in [4.78, 5) is 21.3. The summed E-state index contributed by atoms with van der Waals surface area (Å²) in [6.45, 7) is 0.596. The number of rotatable bonds is 4. The molecule has 2 aromatic heterocycles. The predicted molar refractivity (Wildman–Crippen MR) is 102 cm³/mol. The number of fused-ring (bicyclic) bond motifs is 2. The number of para-hydroxylation sites is 1. The Kier molecular flexibility index (Phi) is 4.70. The molecule has 0 saturated carbocycles. The van der Waals surface area contributed by atoms with Crippen LogP contribution in [0.15, 0.2) is 30.5 Å². The zero-order valence-corrected chi connectivity index (χ0v) is 14.9. The number of urea groups is 1. The van der Waals surface area contributed by atoms with Crippen molar-refractivity contribution in [1.82, 2.24) is 15.3 Å². The van der Waals surface area contributed by atoms with Crippen molar-refractivity contribution in [3.05, 3.63) is 46.6 Å². The summed E-state index contributed by atoms with van der Waals surface area (Å²) >= 11 is 1.62. The molecule has 4 rings (SSSR count). The molecule has 2 amide bonds. The quantitative estimate of drug-likeness (QED) is 0.613. The van der Waals surface area contributed by atoms with Gasteiger partial charge >= 0.3 is 6.03 Å². The van der Waals surface area contributed by atoms with Gasteiger partial charge in [-0.05, 0) is 43.7 Å². The number of anilines is 1. The van der Waals surface area contributed by atoms with E-state index in [1.165, 1.54) is 40.8 Å². The Labute approximate surface area is 150 Å². The fourth-order valence-corrected chi connectivity index (χ4v) is 4.42. The van der Waals surface area contributed by atoms with E-state index in [4.69, 9.17) is 0 Å². The number of thiazole rings is 1. The van der Waals surface area contributed by atoms with Crippen molar-refractivity contribution in [2.75, 3.05) is 11.9 Å². The number of aromatic nitrogens is 2. The molecule has 0 bridgehead atoms. The summed E-state index contributed by atoms with van der Waals surface area (Å²) < 4.78 is 0. The Morgan fingerprint density at radius 2 is 2.08 bits per heavy atom. The summed E-state index contributed by atoms with van der Waals surface area (Å²) in [6, 6.07) is 8.04. The molecule has 3 N–H and O–H groups in total. The van der Waals surface area contributed by atoms with E-state index in [0.717, 1.165) is 29.9 Å². The molecule has 0 atom stereocenters. The van der Waals surface area contributed by atoms with E-state index in [2.05, 4.69) is 32.7 Å². The van der Waals surface area contributed by atoms with Crippen molar-refractivity contribution in [1.29, 1.82) is 0 Å². The zero-order valence-electron chi connectivity index (χ0n) is 14.1. The van der Waals surface area contributed by atoms with Crippen molar-refractivity contribution in [3.8, 4) is 0 Å². The van der Waals surface area contributed by atoms with Crippen LogP contribution >= 0.6 is 11.3 Å². The lowest BCUT2D eigenvalue weighted by molar-refractivity contribution is 0.252. The molecule has 2 heterocycles. The number of carbonyl (C=O) groups excluding carboxylic acids is 1. The molecule has 0 saturated heterocycles. The number of carbonyl (C=O) groups is 1. The van der Waals surface area contributed by atoms with Crippen LogP contribution < -0.4 is 10.6 Å². The minimum Gasteiger partial charge on any atom is -0.361 e. The summed E-state index contributed by atoms with van der Waals surface area (Å²) in [5, 5.41) is 7.75. The minimum atomic E-state index is -0.177. The van der Waals surface area contributed by atoms with E-state index in [-0.39, 0.29) is 6.03 Å². The minimum absolute atomic E-state index is 0.177. The lowest BCUT2D eigenvalue weighted by atomic mass is 10.1. The van der Waals surface area contributed by atoms with E-state index in [1.54, 1.807) is 11.3 Å². The monoisotopic (exact) mass is 354 g/mol. The van der Waals surface area contributed by atoms with Crippen molar-refractivity contribution in [3.63, 3.8) is 0 Å². The average Bonchev–Trinajstić information content (AvgIpc) is 3.13. The number of nitrogens with one attached hydrogen (secondary N) is 3. The van der Waals surface area contributed by atoms with Crippen LogP contribution in [-0.4, -0.2) is 22.5 Å². The molecule has 0 unspecified atom stereocenters. The van der Waals surface area contributed by atoms with Crippen LogP contribution in [0.25, 0.3) is 10.9 Å². The number of nitrogens with zero attached hydrogens (tertiary/aromatic N) is 1. The Hall–Kier alpha value is -2.34. The van der Waals surface area contributed by atoms with Crippen molar-refractivity contribution >= 4 is 33.4 Å². The second-order valence-corrected chi connectivity index (χ2v) is 7.52. The van der Waals surface area contributed by atoms with E-state index < -0.39 is 0 Å². The number of aryl methyl sites for hydroxylation is 2. The van der Waals surface area contributed by atoms with Crippen molar-refractivity contribution in [2.45, 2.75) is 38.5 Å². The Balaban J connectivity index is 1.31. The first-order chi connectivity index (χ1) is 12.3. The van der Waals surface area contributed by atoms with Crippen LogP contribution in [0.5, 0.6) is 0 Å². The second-order valence-electron chi connectivity index (χ2n) is 6.44. The van der Waals surface area contributed by atoms with Gasteiger partial charge in [0.15, 0.2) is 5.13 Å². The van der Waals surface area contributed by atoms with Crippen molar-refractivity contribution in [2.24, 2.45) is 0 Å². The number of hydrogen-bond acceptors (Lipinski definition) is 3. The van der Waals surface area contributed by atoms with Crippen molar-refractivity contribution < 1.29 is 4.79 Å². The van der Waals surface area contributed by atoms with Crippen LogP contribution in [0.2, 0.25) is 0 Å². The number of amides is 2. The van der Waals surface area contributed by atoms with E-state index in [1.807, 2.05) is 18.3 Å². The highest BCUT2D eigenvalue weighted by Gasteiger charge is 2.15. The second kappa shape index (κ2) is 7.27. The van der Waals surface area contributed by atoms with Gasteiger partial charge in [0, 0.05) is 28.5 Å². The summed E-state index contributed by atoms with van der Waals surface area (Å²) in [6.07, 6.45) is 8.65. The van der Waals surface area contributed by atoms with Crippen LogP contribution in [0, 0.1) is 0 Å². The molecule has 6 heteroatoms. The van der Waals surface area contributed by atoms with Gasteiger partial charge in [-0.2, -0.15) is 0 Å². The third-order valence-electron chi connectivity index (χ3n) is 4.67. The maximum absolute atomic E-state index is 12.1. The van der Waals surface area contributed by atoms with Gasteiger partial charge in [-0.3, -0.25) is 5.32 Å². The van der Waals surface area contributed by atoms with Gasteiger partial charge in [-0.15, -0.1) is 11.3 Å². The van der Waals surface area contributed by atoms with Gasteiger partial charge in [0.1, 0.15) is 0 Å². The third kappa shape index (κ3) is 3.69. The smallest absolute Gasteiger partial charge is 0.321 e. The molecule has 5 nitrogen and oxygen atoms in total. The predicted octanol–water partition coefficient (Wildman–Crippen LogP) is 4.26. The Morgan fingerprint density at radius 3 is 3.04 bits per heavy atom. The standard InChI is InChI=1S/C19H22N4OS/c24-18(23-19-22-16-8-2-1-3-9-17(16)25-19)20-11-10-13-12-21-15-7-5-4-6-14(13)15/h4-7,12,21H,1-3,8-11H2,(H2,20,22,23,24). The van der Waals surface area contributed by atoms with E-state index in [9.17, 15) is 4.79 Å². The van der Waals surface area contributed by atoms with Gasteiger partial charge in [0.05, 0.1) is 5.69 Å². The molecule has 0 radical (unpaired) electrons. The summed E-state index contributed by atoms with van der Waals surface area (Å²) in [7, 11) is 0. The lowest BCUT2D eigenvalue weighted by Crippen LogP contribution is -2.30. The fourth-order valence-electron chi connectivity index (χ4n) is 3.37. The molecule has 1 aromatic carbocycles. The lowest BCUT2D eigenvalue weighted by Gasteiger charge is -2.05. The Bertz CT molecular complexity index is 859. The number of hydrogen-bond donors (Lipinski definition) is 3. The fraction of sp³-hybridized carbons (Fsp3) is 0.368. The molecule has 0 aliphatic heterocycles. The topological polar surface area (TPSA) is 69.8 Å². The third-order valence-corrected chi connectivity index (χ3v) is 5.74. The number of H-pyrrole nitrogens is 1. The number of aromatic amines is 1. The molecular formula is C19H22N4OS. The number of benzene rings is 1.